The zero-order chi connectivity index (χ0) is 7.11. The van der Waals surface area contributed by atoms with Gasteiger partial charge in [-0.2, -0.15) is 0 Å². The molecular weight excluding hydrogens is 120 g/mol. The molecule has 0 aliphatic carbocycles. The van der Waals surface area contributed by atoms with Gasteiger partial charge in [0, 0.05) is 0 Å². The first-order valence-corrected chi connectivity index (χ1v) is 2.89. The van der Waals surface area contributed by atoms with Gasteiger partial charge in [-0.15, -0.1) is 0 Å². The highest BCUT2D eigenvalue weighted by atomic mass is 16.5. The lowest BCUT2D eigenvalue weighted by Gasteiger charge is -2.03. The van der Waals surface area contributed by atoms with Gasteiger partial charge in [-0.1, -0.05) is 13.3 Å². The Balaban J connectivity index is 3.40. The second-order valence-electron chi connectivity index (χ2n) is 1.70. The van der Waals surface area contributed by atoms with E-state index < -0.39 is 6.10 Å². The third-order valence-corrected chi connectivity index (χ3v) is 0.955. The van der Waals surface area contributed by atoms with Crippen molar-refractivity contribution >= 4 is 12.8 Å². The van der Waals surface area contributed by atoms with Crippen LogP contribution in [-0.2, 0) is 14.3 Å². The molecule has 9 heavy (non-hydrogen) atoms. The first-order valence-electron chi connectivity index (χ1n) is 2.89. The van der Waals surface area contributed by atoms with Gasteiger partial charge in [0.05, 0.1) is 0 Å². The number of hydrogen-bond acceptors (Lipinski definition) is 3. The van der Waals surface area contributed by atoms with E-state index >= 15 is 0 Å². The maximum Gasteiger partial charge on any atom is 0.293 e. The van der Waals surface area contributed by atoms with Crippen LogP contribution in [-0.4, -0.2) is 18.9 Å². The third kappa shape index (κ3) is 3.70. The molecule has 0 aliphatic rings. The van der Waals surface area contributed by atoms with Gasteiger partial charge in [0.2, 0.25) is 0 Å². The summed E-state index contributed by atoms with van der Waals surface area (Å²) in [5, 5.41) is 0. The quantitative estimate of drug-likeness (QED) is 0.510. The molecule has 1 atom stereocenters. The highest BCUT2D eigenvalue weighted by molar-refractivity contribution is 5.58. The molecule has 3 heteroatoms. The largest absolute Gasteiger partial charge is 0.457 e. The monoisotopic (exact) mass is 130 g/mol. The summed E-state index contributed by atoms with van der Waals surface area (Å²) in [6.45, 7) is 2.22. The van der Waals surface area contributed by atoms with E-state index in [4.69, 9.17) is 0 Å². The molecule has 0 radical (unpaired) electrons. The second kappa shape index (κ2) is 5.28. The summed E-state index contributed by atoms with van der Waals surface area (Å²) in [5.41, 5.74) is 0. The molecule has 0 saturated heterocycles. The molecule has 0 aromatic heterocycles. The highest BCUT2D eigenvalue weighted by Gasteiger charge is 2.03. The topological polar surface area (TPSA) is 43.4 Å². The smallest absolute Gasteiger partial charge is 0.293 e. The summed E-state index contributed by atoms with van der Waals surface area (Å²) in [4.78, 5) is 19.7. The first-order chi connectivity index (χ1) is 4.35. The molecule has 0 amide bonds. The Morgan fingerprint density at radius 1 is 1.56 bits per heavy atom. The van der Waals surface area contributed by atoms with Crippen LogP contribution in [0.4, 0.5) is 0 Å². The molecule has 0 spiro atoms. The van der Waals surface area contributed by atoms with Gasteiger partial charge in [0.15, 0.2) is 12.4 Å². The van der Waals surface area contributed by atoms with E-state index in [-0.39, 0.29) is 0 Å². The van der Waals surface area contributed by atoms with Gasteiger partial charge in [-0.3, -0.25) is 9.59 Å². The molecule has 0 aromatic carbocycles. The van der Waals surface area contributed by atoms with E-state index in [0.29, 0.717) is 19.2 Å². The summed E-state index contributed by atoms with van der Waals surface area (Å²) >= 11 is 0. The molecule has 0 bridgehead atoms. The molecule has 52 valence electrons. The van der Waals surface area contributed by atoms with Gasteiger partial charge in [0.25, 0.3) is 6.47 Å². The van der Waals surface area contributed by atoms with Gasteiger partial charge in [0.1, 0.15) is 0 Å². The highest BCUT2D eigenvalue weighted by Crippen LogP contribution is 1.95. The lowest BCUT2D eigenvalue weighted by molar-refractivity contribution is -0.138. The van der Waals surface area contributed by atoms with Crippen molar-refractivity contribution in [1.82, 2.24) is 0 Å². The Labute approximate surface area is 54.0 Å². The fraction of sp³-hybridized carbons (Fsp3) is 0.667. The number of carbonyl (C=O) groups is 2. The molecule has 0 heterocycles. The molecule has 0 fully saturated rings. The van der Waals surface area contributed by atoms with E-state index in [2.05, 4.69) is 4.74 Å². The molecule has 1 unspecified atom stereocenters. The van der Waals surface area contributed by atoms with Crippen molar-refractivity contribution in [2.75, 3.05) is 0 Å². The van der Waals surface area contributed by atoms with E-state index in [9.17, 15) is 9.59 Å². The van der Waals surface area contributed by atoms with Crippen LogP contribution in [0.15, 0.2) is 0 Å². The minimum absolute atomic E-state index is 0.300. The van der Waals surface area contributed by atoms with Crippen molar-refractivity contribution in [2.24, 2.45) is 0 Å². The Bertz CT molecular complexity index is 90.3. The van der Waals surface area contributed by atoms with Crippen molar-refractivity contribution < 1.29 is 14.3 Å². The van der Waals surface area contributed by atoms with Gasteiger partial charge >= 0.3 is 0 Å². The van der Waals surface area contributed by atoms with Crippen molar-refractivity contribution in [1.29, 1.82) is 0 Å². The SMILES string of the molecule is CCCC(C=O)OC=O. The number of hydrogen-bond donors (Lipinski definition) is 0. The van der Waals surface area contributed by atoms with Crippen LogP contribution in [0.3, 0.4) is 0 Å². The van der Waals surface area contributed by atoms with Crippen LogP contribution >= 0.6 is 0 Å². The average molecular weight is 130 g/mol. The fourth-order valence-corrected chi connectivity index (χ4v) is 0.524. The van der Waals surface area contributed by atoms with Crippen LogP contribution in [0.1, 0.15) is 19.8 Å². The van der Waals surface area contributed by atoms with Crippen LogP contribution in [0.2, 0.25) is 0 Å². The van der Waals surface area contributed by atoms with Gasteiger partial charge in [-0.05, 0) is 6.42 Å². The lowest BCUT2D eigenvalue weighted by atomic mass is 10.2. The molecule has 3 nitrogen and oxygen atoms in total. The van der Waals surface area contributed by atoms with Crippen LogP contribution in [0.5, 0.6) is 0 Å². The minimum atomic E-state index is -0.535. The predicted molar refractivity (Wildman–Crippen MR) is 31.9 cm³/mol. The third-order valence-electron chi connectivity index (χ3n) is 0.955. The van der Waals surface area contributed by atoms with Crippen LogP contribution in [0, 0.1) is 0 Å². The number of ether oxygens (including phenoxy) is 1. The molecular formula is C6H10O3. The number of carbonyl (C=O) groups excluding carboxylic acids is 2. The fourth-order valence-electron chi connectivity index (χ4n) is 0.524. The van der Waals surface area contributed by atoms with Crippen molar-refractivity contribution in [2.45, 2.75) is 25.9 Å². The minimum Gasteiger partial charge on any atom is -0.457 e. The maximum absolute atomic E-state index is 10.0. The second-order valence-corrected chi connectivity index (χ2v) is 1.70. The summed E-state index contributed by atoms with van der Waals surface area (Å²) in [6, 6.07) is 0. The summed E-state index contributed by atoms with van der Waals surface area (Å²) < 4.78 is 4.38. The zero-order valence-electron chi connectivity index (χ0n) is 5.37. The van der Waals surface area contributed by atoms with Gasteiger partial charge in [-0.25, -0.2) is 0 Å². The van der Waals surface area contributed by atoms with E-state index in [1.807, 2.05) is 6.92 Å². The lowest BCUT2D eigenvalue weighted by Crippen LogP contribution is -2.12. The Hall–Kier alpha value is -0.860. The van der Waals surface area contributed by atoms with Gasteiger partial charge < -0.3 is 4.74 Å². The Morgan fingerprint density at radius 3 is 2.56 bits per heavy atom. The molecule has 0 saturated carbocycles. The van der Waals surface area contributed by atoms with Crippen LogP contribution < -0.4 is 0 Å². The zero-order valence-corrected chi connectivity index (χ0v) is 5.37. The van der Waals surface area contributed by atoms with Crippen molar-refractivity contribution in [3.8, 4) is 0 Å². The van der Waals surface area contributed by atoms with E-state index in [1.54, 1.807) is 0 Å². The standard InChI is InChI=1S/C6H10O3/c1-2-3-6(4-7)9-5-8/h4-6H,2-3H2,1H3. The van der Waals surface area contributed by atoms with Crippen molar-refractivity contribution in [3.63, 3.8) is 0 Å². The number of aldehydes is 1. The molecule has 0 aliphatic heterocycles. The molecule has 0 rings (SSSR count). The number of rotatable bonds is 5. The predicted octanol–water partition coefficient (Wildman–Crippen LogP) is 0.527. The van der Waals surface area contributed by atoms with E-state index in [0.717, 1.165) is 6.42 Å². The summed E-state index contributed by atoms with van der Waals surface area (Å²) in [5.74, 6) is 0. The van der Waals surface area contributed by atoms with Crippen molar-refractivity contribution in [3.05, 3.63) is 0 Å². The summed E-state index contributed by atoms with van der Waals surface area (Å²) in [6.07, 6.45) is 1.56. The Kier molecular flexibility index (Phi) is 4.78. The molecule has 0 aromatic rings. The summed E-state index contributed by atoms with van der Waals surface area (Å²) in [7, 11) is 0. The normalized spacial score (nSPS) is 12.1. The average Bonchev–Trinajstić information content (AvgIpc) is 1.88. The van der Waals surface area contributed by atoms with Crippen LogP contribution in [0.25, 0.3) is 0 Å². The first kappa shape index (κ1) is 8.14. The van der Waals surface area contributed by atoms with E-state index in [1.165, 1.54) is 0 Å². The molecule has 0 N–H and O–H groups in total. The Morgan fingerprint density at radius 2 is 2.22 bits per heavy atom. The maximum atomic E-state index is 10.0.